The summed E-state index contributed by atoms with van der Waals surface area (Å²) in [6.07, 6.45) is 0. The van der Waals surface area contributed by atoms with Crippen LogP contribution in [-0.2, 0) is 6.54 Å². The van der Waals surface area contributed by atoms with E-state index in [-0.39, 0.29) is 11.7 Å². The molecule has 25 heavy (non-hydrogen) atoms. The zero-order valence-electron chi connectivity index (χ0n) is 14.3. The molecule has 0 atom stereocenters. The van der Waals surface area contributed by atoms with Gasteiger partial charge in [-0.05, 0) is 47.5 Å². The molecule has 4 heteroatoms. The maximum atomic E-state index is 13.9. The number of hydrogen-bond acceptors (Lipinski definition) is 2. The van der Waals surface area contributed by atoms with Gasteiger partial charge in [0.05, 0.1) is 7.11 Å². The molecule has 3 rings (SSSR count). The van der Waals surface area contributed by atoms with Gasteiger partial charge in [0, 0.05) is 18.7 Å². The minimum Gasteiger partial charge on any atom is -0.494 e. The Bertz CT molecular complexity index is 907. The average molecular weight is 337 g/mol. The molecular formula is C21H20FNO2. The van der Waals surface area contributed by atoms with Crippen molar-refractivity contribution in [2.75, 3.05) is 13.7 Å². The van der Waals surface area contributed by atoms with Gasteiger partial charge in [-0.3, -0.25) is 4.79 Å². The highest BCUT2D eigenvalue weighted by atomic mass is 19.1. The van der Waals surface area contributed by atoms with Crippen molar-refractivity contribution in [1.29, 1.82) is 0 Å². The first-order chi connectivity index (χ1) is 12.1. The lowest BCUT2D eigenvalue weighted by Gasteiger charge is -2.21. The number of methoxy groups -OCH3 is 1. The number of benzene rings is 3. The fourth-order valence-electron chi connectivity index (χ4n) is 2.86. The van der Waals surface area contributed by atoms with Crippen molar-refractivity contribution >= 4 is 16.7 Å². The van der Waals surface area contributed by atoms with Crippen LogP contribution in [0.15, 0.2) is 60.7 Å². The highest BCUT2D eigenvalue weighted by Crippen LogP contribution is 2.21. The summed E-state index contributed by atoms with van der Waals surface area (Å²) in [5, 5.41) is 2.12. The van der Waals surface area contributed by atoms with Crippen molar-refractivity contribution in [2.45, 2.75) is 13.5 Å². The molecule has 3 aromatic rings. The van der Waals surface area contributed by atoms with E-state index in [4.69, 9.17) is 4.74 Å². The van der Waals surface area contributed by atoms with Crippen molar-refractivity contribution in [3.8, 4) is 5.75 Å². The van der Waals surface area contributed by atoms with Gasteiger partial charge in [-0.2, -0.15) is 0 Å². The molecule has 3 nitrogen and oxygen atoms in total. The van der Waals surface area contributed by atoms with Crippen LogP contribution in [0, 0.1) is 5.82 Å². The van der Waals surface area contributed by atoms with E-state index in [0.29, 0.717) is 18.7 Å². The number of ether oxygens (including phenoxy) is 1. The molecule has 0 saturated heterocycles. The van der Waals surface area contributed by atoms with Crippen LogP contribution in [0.1, 0.15) is 22.8 Å². The zero-order valence-corrected chi connectivity index (χ0v) is 14.3. The number of nitrogens with zero attached hydrogens (tertiary/aromatic N) is 1. The van der Waals surface area contributed by atoms with Gasteiger partial charge in [0.1, 0.15) is 0 Å². The van der Waals surface area contributed by atoms with E-state index in [1.807, 2.05) is 49.4 Å². The summed E-state index contributed by atoms with van der Waals surface area (Å²) in [6, 6.07) is 18.4. The first-order valence-electron chi connectivity index (χ1n) is 8.23. The van der Waals surface area contributed by atoms with Crippen LogP contribution in [-0.4, -0.2) is 24.5 Å². The molecule has 0 aliphatic heterocycles. The van der Waals surface area contributed by atoms with E-state index in [1.54, 1.807) is 17.0 Å². The van der Waals surface area contributed by atoms with E-state index >= 15 is 0 Å². The lowest BCUT2D eigenvalue weighted by molar-refractivity contribution is 0.0752. The van der Waals surface area contributed by atoms with E-state index in [1.165, 1.54) is 13.2 Å². The molecule has 0 unspecified atom stereocenters. The fourth-order valence-corrected chi connectivity index (χ4v) is 2.86. The van der Waals surface area contributed by atoms with Crippen molar-refractivity contribution in [1.82, 2.24) is 4.90 Å². The Kier molecular flexibility index (Phi) is 4.98. The first kappa shape index (κ1) is 17.0. The maximum Gasteiger partial charge on any atom is 0.254 e. The molecule has 0 spiro atoms. The minimum absolute atomic E-state index is 0.0653. The van der Waals surface area contributed by atoms with Crippen LogP contribution < -0.4 is 4.74 Å². The van der Waals surface area contributed by atoms with Crippen molar-refractivity contribution in [3.63, 3.8) is 0 Å². The minimum atomic E-state index is -0.422. The number of fused-ring (bicyclic) bond motifs is 1. The number of rotatable bonds is 5. The maximum absolute atomic E-state index is 13.9. The summed E-state index contributed by atoms with van der Waals surface area (Å²) in [5.41, 5.74) is 1.36. The van der Waals surface area contributed by atoms with Gasteiger partial charge in [0.15, 0.2) is 11.6 Å². The normalized spacial score (nSPS) is 10.7. The number of hydrogen-bond donors (Lipinski definition) is 0. The largest absolute Gasteiger partial charge is 0.494 e. The van der Waals surface area contributed by atoms with Gasteiger partial charge < -0.3 is 9.64 Å². The lowest BCUT2D eigenvalue weighted by atomic mass is 10.1. The van der Waals surface area contributed by atoms with E-state index in [9.17, 15) is 9.18 Å². The van der Waals surface area contributed by atoms with Crippen molar-refractivity contribution in [3.05, 3.63) is 77.6 Å². The second-order valence-corrected chi connectivity index (χ2v) is 5.85. The summed E-state index contributed by atoms with van der Waals surface area (Å²) in [7, 11) is 1.43. The number of halogens is 1. The van der Waals surface area contributed by atoms with Gasteiger partial charge in [-0.15, -0.1) is 0 Å². The van der Waals surface area contributed by atoms with E-state index < -0.39 is 5.82 Å². The molecular weight excluding hydrogens is 317 g/mol. The fraction of sp³-hybridized carbons (Fsp3) is 0.190. The van der Waals surface area contributed by atoms with E-state index in [2.05, 4.69) is 0 Å². The molecule has 0 N–H and O–H groups in total. The predicted octanol–water partition coefficient (Wildman–Crippen LogP) is 4.65. The summed E-state index contributed by atoms with van der Waals surface area (Å²) in [4.78, 5) is 14.5. The molecule has 128 valence electrons. The first-order valence-corrected chi connectivity index (χ1v) is 8.23. The smallest absolute Gasteiger partial charge is 0.254 e. The molecule has 0 aliphatic rings. The molecule has 0 saturated carbocycles. The van der Waals surface area contributed by atoms with E-state index in [0.717, 1.165) is 16.3 Å². The summed E-state index contributed by atoms with van der Waals surface area (Å²) < 4.78 is 18.8. The topological polar surface area (TPSA) is 29.5 Å². The lowest BCUT2D eigenvalue weighted by Crippen LogP contribution is -2.30. The molecule has 0 aromatic heterocycles. The van der Waals surface area contributed by atoms with Crippen molar-refractivity contribution in [2.24, 2.45) is 0 Å². The van der Waals surface area contributed by atoms with Gasteiger partial charge in [0.2, 0.25) is 0 Å². The van der Waals surface area contributed by atoms with Crippen LogP contribution >= 0.6 is 0 Å². The Hall–Kier alpha value is -2.88. The highest BCUT2D eigenvalue weighted by molar-refractivity contribution is 5.98. The molecule has 1 amide bonds. The summed E-state index contributed by atoms with van der Waals surface area (Å²) in [6.45, 7) is 2.81. The predicted molar refractivity (Wildman–Crippen MR) is 97.3 cm³/mol. The average Bonchev–Trinajstić information content (AvgIpc) is 2.65. The third kappa shape index (κ3) is 3.63. The number of amides is 1. The molecule has 0 bridgehead atoms. The molecule has 3 aromatic carbocycles. The monoisotopic (exact) mass is 337 g/mol. The molecule has 0 fully saturated rings. The number of carbonyl (C=O) groups is 1. The molecule has 0 radical (unpaired) electrons. The Morgan fingerprint density at radius 1 is 1.04 bits per heavy atom. The molecule has 0 aliphatic carbocycles. The zero-order chi connectivity index (χ0) is 17.8. The second kappa shape index (κ2) is 7.34. The Morgan fingerprint density at radius 2 is 1.80 bits per heavy atom. The van der Waals surface area contributed by atoms with Gasteiger partial charge in [0.25, 0.3) is 5.91 Å². The van der Waals surface area contributed by atoms with Gasteiger partial charge >= 0.3 is 0 Å². The Balaban J connectivity index is 1.83. The SMILES string of the molecule is CCN(Cc1ccc(OC)c(F)c1)C(=O)c1ccc2ccccc2c1. The summed E-state index contributed by atoms with van der Waals surface area (Å²) in [5.74, 6) is -0.286. The van der Waals surface area contributed by atoms with Crippen LogP contribution in [0.4, 0.5) is 4.39 Å². The van der Waals surface area contributed by atoms with Gasteiger partial charge in [-0.25, -0.2) is 4.39 Å². The number of carbonyl (C=O) groups excluding carboxylic acids is 1. The molecule has 0 heterocycles. The van der Waals surface area contributed by atoms with Crippen molar-refractivity contribution < 1.29 is 13.9 Å². The second-order valence-electron chi connectivity index (χ2n) is 5.85. The Labute approximate surface area is 146 Å². The van der Waals surface area contributed by atoms with Crippen LogP contribution in [0.2, 0.25) is 0 Å². The quantitative estimate of drug-likeness (QED) is 0.678. The third-order valence-electron chi connectivity index (χ3n) is 4.25. The van der Waals surface area contributed by atoms with Crippen LogP contribution in [0.5, 0.6) is 5.75 Å². The van der Waals surface area contributed by atoms with Gasteiger partial charge in [-0.1, -0.05) is 36.4 Å². The highest BCUT2D eigenvalue weighted by Gasteiger charge is 2.16. The van der Waals surface area contributed by atoms with Crippen LogP contribution in [0.3, 0.4) is 0 Å². The van der Waals surface area contributed by atoms with Crippen LogP contribution in [0.25, 0.3) is 10.8 Å². The Morgan fingerprint density at radius 3 is 2.48 bits per heavy atom. The standard InChI is InChI=1S/C21H20FNO2/c1-3-23(14-15-8-11-20(25-2)19(22)12-15)21(24)18-10-9-16-6-4-5-7-17(16)13-18/h4-13H,3,14H2,1-2H3. The summed E-state index contributed by atoms with van der Waals surface area (Å²) >= 11 is 0. The third-order valence-corrected chi connectivity index (χ3v) is 4.25.